The number of anilines is 1. The number of rotatable bonds is 6. The van der Waals surface area contributed by atoms with E-state index < -0.39 is 0 Å². The van der Waals surface area contributed by atoms with Crippen molar-refractivity contribution in [1.82, 2.24) is 9.80 Å². The Morgan fingerprint density at radius 1 is 1.08 bits per heavy atom. The van der Waals surface area contributed by atoms with Crippen LogP contribution in [0.3, 0.4) is 0 Å². The van der Waals surface area contributed by atoms with Crippen molar-refractivity contribution in [3.63, 3.8) is 0 Å². The third-order valence-electron chi connectivity index (χ3n) is 4.47. The van der Waals surface area contributed by atoms with Gasteiger partial charge in [0.05, 0.1) is 6.54 Å². The largest absolute Gasteiger partial charge is 0.339 e. The zero-order chi connectivity index (χ0) is 18.2. The van der Waals surface area contributed by atoms with E-state index in [1.807, 2.05) is 13.8 Å². The van der Waals surface area contributed by atoms with Gasteiger partial charge in [0.25, 0.3) is 5.91 Å². The first kappa shape index (κ1) is 19.0. The first-order valence-electron chi connectivity index (χ1n) is 9.02. The van der Waals surface area contributed by atoms with E-state index in [9.17, 15) is 14.4 Å². The predicted octanol–water partition coefficient (Wildman–Crippen LogP) is 2.51. The Kier molecular flexibility index (Phi) is 6.98. The predicted molar refractivity (Wildman–Crippen MR) is 97.4 cm³/mol. The van der Waals surface area contributed by atoms with Gasteiger partial charge in [-0.3, -0.25) is 14.4 Å². The minimum absolute atomic E-state index is 0.0157. The van der Waals surface area contributed by atoms with Crippen LogP contribution in [0.1, 0.15) is 49.9 Å². The van der Waals surface area contributed by atoms with Gasteiger partial charge in [0.2, 0.25) is 11.8 Å². The van der Waals surface area contributed by atoms with Gasteiger partial charge in [-0.2, -0.15) is 0 Å². The van der Waals surface area contributed by atoms with Crippen LogP contribution in [0, 0.1) is 0 Å². The molecule has 2 rings (SSSR count). The monoisotopic (exact) mass is 345 g/mol. The van der Waals surface area contributed by atoms with Crippen LogP contribution in [0.5, 0.6) is 0 Å². The highest BCUT2D eigenvalue weighted by atomic mass is 16.2. The molecule has 0 aromatic heterocycles. The van der Waals surface area contributed by atoms with Crippen molar-refractivity contribution in [2.75, 3.05) is 31.5 Å². The van der Waals surface area contributed by atoms with E-state index >= 15 is 0 Å². The van der Waals surface area contributed by atoms with Crippen LogP contribution in [0.4, 0.5) is 5.69 Å². The van der Waals surface area contributed by atoms with Crippen molar-refractivity contribution in [1.29, 1.82) is 0 Å². The Morgan fingerprint density at radius 3 is 2.40 bits per heavy atom. The second-order valence-corrected chi connectivity index (χ2v) is 6.23. The molecule has 0 atom stereocenters. The smallest absolute Gasteiger partial charge is 0.253 e. The van der Waals surface area contributed by atoms with E-state index in [1.165, 1.54) is 0 Å². The van der Waals surface area contributed by atoms with Gasteiger partial charge in [0, 0.05) is 37.3 Å². The third-order valence-corrected chi connectivity index (χ3v) is 4.47. The molecule has 0 unspecified atom stereocenters. The number of likely N-dealkylation sites (tertiary alicyclic amines) is 1. The zero-order valence-electron chi connectivity index (χ0n) is 15.1. The Bertz CT molecular complexity index is 609. The lowest BCUT2D eigenvalue weighted by Crippen LogP contribution is -2.37. The maximum absolute atomic E-state index is 12.3. The van der Waals surface area contributed by atoms with Gasteiger partial charge in [0.15, 0.2) is 0 Å². The van der Waals surface area contributed by atoms with E-state index in [2.05, 4.69) is 5.32 Å². The second kappa shape index (κ2) is 9.20. The molecule has 1 fully saturated rings. The molecule has 1 saturated heterocycles. The van der Waals surface area contributed by atoms with Crippen molar-refractivity contribution in [3.05, 3.63) is 29.8 Å². The Hall–Kier alpha value is -2.37. The van der Waals surface area contributed by atoms with E-state index in [1.54, 1.807) is 34.1 Å². The van der Waals surface area contributed by atoms with E-state index in [-0.39, 0.29) is 24.3 Å². The molecule has 1 aromatic rings. The molecule has 1 N–H and O–H groups in total. The summed E-state index contributed by atoms with van der Waals surface area (Å²) >= 11 is 0. The van der Waals surface area contributed by atoms with Crippen LogP contribution in [-0.2, 0) is 9.59 Å². The molecular weight excluding hydrogens is 318 g/mol. The van der Waals surface area contributed by atoms with Crippen LogP contribution in [0.15, 0.2) is 24.3 Å². The van der Waals surface area contributed by atoms with Crippen LogP contribution in [0.25, 0.3) is 0 Å². The summed E-state index contributed by atoms with van der Waals surface area (Å²) in [6.07, 6.45) is 3.40. The van der Waals surface area contributed by atoms with Gasteiger partial charge >= 0.3 is 0 Å². The van der Waals surface area contributed by atoms with Gasteiger partial charge in [0.1, 0.15) is 0 Å². The maximum atomic E-state index is 12.3. The Balaban J connectivity index is 1.93. The fraction of sp³-hybridized carbons (Fsp3) is 0.526. The van der Waals surface area contributed by atoms with Gasteiger partial charge in [-0.15, -0.1) is 0 Å². The van der Waals surface area contributed by atoms with Crippen molar-refractivity contribution < 1.29 is 14.4 Å². The van der Waals surface area contributed by atoms with Crippen molar-refractivity contribution in [2.24, 2.45) is 0 Å². The van der Waals surface area contributed by atoms with Gasteiger partial charge in [-0.1, -0.05) is 6.42 Å². The summed E-state index contributed by atoms with van der Waals surface area (Å²) in [5, 5.41) is 2.80. The molecular formula is C19H27N3O3. The van der Waals surface area contributed by atoms with Crippen LogP contribution in [-0.4, -0.2) is 53.7 Å². The fourth-order valence-corrected chi connectivity index (χ4v) is 2.97. The lowest BCUT2D eigenvalue weighted by molar-refractivity contribution is -0.134. The van der Waals surface area contributed by atoms with Crippen molar-refractivity contribution in [2.45, 2.75) is 39.5 Å². The highest BCUT2D eigenvalue weighted by Gasteiger charge is 2.19. The average molecular weight is 345 g/mol. The normalized spacial score (nSPS) is 14.8. The number of nitrogens with one attached hydrogen (secondary N) is 1. The number of benzene rings is 1. The van der Waals surface area contributed by atoms with Gasteiger partial charge in [-0.05, 0) is 51.0 Å². The molecule has 0 bridgehead atoms. The van der Waals surface area contributed by atoms with Crippen LogP contribution < -0.4 is 5.32 Å². The van der Waals surface area contributed by atoms with Gasteiger partial charge in [-0.25, -0.2) is 0 Å². The zero-order valence-corrected chi connectivity index (χ0v) is 15.1. The molecule has 136 valence electrons. The molecule has 0 spiro atoms. The molecule has 6 nitrogen and oxygen atoms in total. The highest BCUT2D eigenvalue weighted by molar-refractivity contribution is 5.97. The van der Waals surface area contributed by atoms with Crippen LogP contribution >= 0.6 is 0 Å². The van der Waals surface area contributed by atoms with Crippen LogP contribution in [0.2, 0.25) is 0 Å². The van der Waals surface area contributed by atoms with Gasteiger partial charge < -0.3 is 15.1 Å². The first-order chi connectivity index (χ1) is 12.0. The first-order valence-corrected chi connectivity index (χ1v) is 9.02. The molecule has 0 aliphatic carbocycles. The number of hydrogen-bond donors (Lipinski definition) is 1. The molecule has 0 radical (unpaired) electrons. The lowest BCUT2D eigenvalue weighted by atomic mass is 10.1. The SMILES string of the molecule is CCN(CC)C(=O)c1ccc(NC(=O)CN2CCCCCC2=O)cc1. The number of amides is 3. The molecule has 1 aliphatic rings. The molecule has 1 aliphatic heterocycles. The Labute approximate surface area is 149 Å². The molecule has 0 saturated carbocycles. The lowest BCUT2D eigenvalue weighted by Gasteiger charge is -2.20. The summed E-state index contributed by atoms with van der Waals surface area (Å²) < 4.78 is 0. The molecule has 25 heavy (non-hydrogen) atoms. The maximum Gasteiger partial charge on any atom is 0.253 e. The summed E-state index contributed by atoms with van der Waals surface area (Å²) in [6, 6.07) is 6.87. The molecule has 6 heteroatoms. The minimum Gasteiger partial charge on any atom is -0.339 e. The van der Waals surface area contributed by atoms with E-state index in [0.717, 1.165) is 19.3 Å². The average Bonchev–Trinajstić information content (AvgIpc) is 2.81. The summed E-state index contributed by atoms with van der Waals surface area (Å²) in [5.41, 5.74) is 1.23. The highest BCUT2D eigenvalue weighted by Crippen LogP contribution is 2.13. The molecule has 1 heterocycles. The van der Waals surface area contributed by atoms with E-state index in [4.69, 9.17) is 0 Å². The third kappa shape index (κ3) is 5.31. The summed E-state index contributed by atoms with van der Waals surface area (Å²) in [6.45, 7) is 5.94. The molecule has 3 amide bonds. The summed E-state index contributed by atoms with van der Waals surface area (Å²) in [5.74, 6) is -0.177. The topological polar surface area (TPSA) is 69.7 Å². The second-order valence-electron chi connectivity index (χ2n) is 6.23. The number of hydrogen-bond acceptors (Lipinski definition) is 3. The van der Waals surface area contributed by atoms with Crippen molar-refractivity contribution in [3.8, 4) is 0 Å². The molecule has 1 aromatic carbocycles. The Morgan fingerprint density at radius 2 is 1.76 bits per heavy atom. The minimum atomic E-state index is -0.210. The fourth-order valence-electron chi connectivity index (χ4n) is 2.97. The number of nitrogens with zero attached hydrogens (tertiary/aromatic N) is 2. The quantitative estimate of drug-likeness (QED) is 0.861. The standard InChI is InChI=1S/C19H27N3O3/c1-3-21(4-2)19(25)15-9-11-16(12-10-15)20-17(23)14-22-13-7-5-6-8-18(22)24/h9-12H,3-8,13-14H2,1-2H3,(H,20,23). The van der Waals surface area contributed by atoms with Crippen molar-refractivity contribution >= 4 is 23.4 Å². The number of carbonyl (C=O) groups is 3. The summed E-state index contributed by atoms with van der Waals surface area (Å²) in [4.78, 5) is 39.8. The number of carbonyl (C=O) groups excluding carboxylic acids is 3. The van der Waals surface area contributed by atoms with E-state index in [0.29, 0.717) is 37.3 Å². The summed E-state index contributed by atoms with van der Waals surface area (Å²) in [7, 11) is 0.